The van der Waals surface area contributed by atoms with Crippen LogP contribution in [0.3, 0.4) is 0 Å². The van der Waals surface area contributed by atoms with Crippen molar-refractivity contribution in [2.24, 2.45) is 5.41 Å². The molecule has 2 unspecified atom stereocenters. The van der Waals surface area contributed by atoms with Crippen molar-refractivity contribution in [1.82, 2.24) is 0 Å². The minimum atomic E-state index is -1.16. The van der Waals surface area contributed by atoms with Crippen LogP contribution >= 0.6 is 0 Å². The molecule has 0 spiro atoms. The van der Waals surface area contributed by atoms with Gasteiger partial charge in [-0.2, -0.15) is 0 Å². The number of hydrogen-bond acceptors (Lipinski definition) is 5. The third-order valence-electron chi connectivity index (χ3n) is 6.63. The molecule has 2 aliphatic heterocycles. The molecule has 3 aliphatic rings. The van der Waals surface area contributed by atoms with Crippen molar-refractivity contribution in [2.45, 2.75) is 46.1 Å². The first-order valence-electron chi connectivity index (χ1n) is 11.9. The fourth-order valence-corrected chi connectivity index (χ4v) is 6.80. The van der Waals surface area contributed by atoms with Crippen LogP contribution in [0.4, 0.5) is 11.4 Å². The van der Waals surface area contributed by atoms with Gasteiger partial charge in [0, 0.05) is 11.4 Å². The Balaban J connectivity index is 1.51. The zero-order valence-corrected chi connectivity index (χ0v) is 20.8. The first-order chi connectivity index (χ1) is 16.3. The number of hydrogen-bond donors (Lipinski definition) is 3. The summed E-state index contributed by atoms with van der Waals surface area (Å²) in [5.41, 5.74) is 5.61. The van der Waals surface area contributed by atoms with E-state index in [2.05, 4.69) is 61.8 Å². The molecule has 0 saturated carbocycles. The first kappa shape index (κ1) is 22.8. The van der Waals surface area contributed by atoms with Crippen LogP contribution in [0.1, 0.15) is 50.3 Å². The van der Waals surface area contributed by atoms with Gasteiger partial charge in [0.25, 0.3) is 0 Å². The van der Waals surface area contributed by atoms with Crippen LogP contribution in [0, 0.1) is 12.3 Å². The fourth-order valence-electron chi connectivity index (χ4n) is 4.98. The molecule has 0 saturated heterocycles. The molecule has 6 heteroatoms. The highest BCUT2D eigenvalue weighted by atomic mass is 32.2. The molecule has 5 nitrogen and oxygen atoms in total. The Morgan fingerprint density at radius 2 is 2.06 bits per heavy atom. The largest absolute Gasteiger partial charge is 0.506 e. The van der Waals surface area contributed by atoms with Gasteiger partial charge in [-0.3, -0.25) is 4.21 Å². The standard InChI is InChI=1S/C28H32N2O3S/c1-18-14-20(33-16-19-8-5-4-6-9-19)12-13-21(18)25-27-23(15-28(2,3)17-34(27)32)30-26-22(29-25)10-7-11-24(26)31/h5,7-14,25,29-31H,4,6,15-17H2,1-3H3. The molecular formula is C28H32N2O3S. The minimum absolute atomic E-state index is 0.0921. The zero-order valence-electron chi connectivity index (χ0n) is 20.0. The van der Waals surface area contributed by atoms with Crippen molar-refractivity contribution < 1.29 is 14.1 Å². The molecule has 0 aromatic heterocycles. The summed E-state index contributed by atoms with van der Waals surface area (Å²) in [6.07, 6.45) is 9.47. The molecule has 34 heavy (non-hydrogen) atoms. The van der Waals surface area contributed by atoms with Gasteiger partial charge in [0.2, 0.25) is 0 Å². The van der Waals surface area contributed by atoms with Gasteiger partial charge in [0.05, 0.1) is 27.4 Å². The normalized spacial score (nSPS) is 23.1. The van der Waals surface area contributed by atoms with Crippen LogP contribution in [0.25, 0.3) is 0 Å². The highest BCUT2D eigenvalue weighted by Gasteiger charge is 2.39. The zero-order chi connectivity index (χ0) is 23.9. The average molecular weight is 477 g/mol. The highest BCUT2D eigenvalue weighted by molar-refractivity contribution is 7.89. The van der Waals surface area contributed by atoms with Gasteiger partial charge >= 0.3 is 0 Å². The van der Waals surface area contributed by atoms with Gasteiger partial charge in [-0.25, -0.2) is 0 Å². The van der Waals surface area contributed by atoms with Gasteiger partial charge in [0.1, 0.15) is 23.8 Å². The van der Waals surface area contributed by atoms with E-state index in [0.29, 0.717) is 18.0 Å². The number of aromatic hydroxyl groups is 1. The lowest BCUT2D eigenvalue weighted by Gasteiger charge is -2.34. The molecule has 3 N–H and O–H groups in total. The van der Waals surface area contributed by atoms with Crippen LogP contribution in [-0.2, 0) is 10.8 Å². The molecule has 0 radical (unpaired) electrons. The number of rotatable bonds is 4. The number of nitrogens with one attached hydrogen (secondary N) is 2. The molecule has 2 aromatic rings. The quantitative estimate of drug-likeness (QED) is 0.450. The molecule has 1 aliphatic carbocycles. The number of benzene rings is 2. The molecule has 0 amide bonds. The summed E-state index contributed by atoms with van der Waals surface area (Å²) in [6.45, 7) is 6.91. The number of phenols is 1. The van der Waals surface area contributed by atoms with E-state index >= 15 is 0 Å². The van der Waals surface area contributed by atoms with E-state index in [0.717, 1.165) is 52.4 Å². The lowest BCUT2D eigenvalue weighted by Crippen LogP contribution is -2.32. The molecular weight excluding hydrogens is 444 g/mol. The summed E-state index contributed by atoms with van der Waals surface area (Å²) in [7, 11) is -1.16. The number of para-hydroxylation sites is 1. The van der Waals surface area contributed by atoms with Gasteiger partial charge < -0.3 is 20.5 Å². The SMILES string of the molecule is Cc1cc(OCC2=CCCC=C2)ccc1C1Nc2cccc(O)c2NC2=C1S(=O)CC(C)(C)C2. The summed E-state index contributed by atoms with van der Waals surface area (Å²) < 4.78 is 19.6. The number of anilines is 2. The van der Waals surface area contributed by atoms with Gasteiger partial charge in [-0.1, -0.05) is 44.2 Å². The number of fused-ring (bicyclic) bond motifs is 1. The molecule has 0 fully saturated rings. The third kappa shape index (κ3) is 4.51. The Morgan fingerprint density at radius 3 is 2.82 bits per heavy atom. The van der Waals surface area contributed by atoms with Crippen LogP contribution in [-0.4, -0.2) is 21.7 Å². The maximum Gasteiger partial charge on any atom is 0.141 e. The summed E-state index contributed by atoms with van der Waals surface area (Å²) in [6, 6.07) is 11.3. The second-order valence-electron chi connectivity index (χ2n) is 10.1. The van der Waals surface area contributed by atoms with Gasteiger partial charge in [-0.05, 0) is 72.6 Å². The number of allylic oxidation sites excluding steroid dienone is 3. The predicted molar refractivity (Wildman–Crippen MR) is 140 cm³/mol. The Kier molecular flexibility index (Phi) is 6.02. The Labute approximate surface area is 204 Å². The molecule has 2 atom stereocenters. The summed E-state index contributed by atoms with van der Waals surface area (Å²) in [5, 5.41) is 17.6. The van der Waals surface area contributed by atoms with Crippen molar-refractivity contribution in [2.75, 3.05) is 23.0 Å². The van der Waals surface area contributed by atoms with E-state index in [1.54, 1.807) is 6.07 Å². The van der Waals surface area contributed by atoms with Gasteiger partial charge in [-0.15, -0.1) is 0 Å². The van der Waals surface area contributed by atoms with Gasteiger partial charge in [0.15, 0.2) is 0 Å². The van der Waals surface area contributed by atoms with Crippen molar-refractivity contribution in [3.8, 4) is 11.5 Å². The number of aryl methyl sites for hydroxylation is 1. The number of phenolic OH excluding ortho intramolecular Hbond substituents is 1. The van der Waals surface area contributed by atoms with E-state index in [4.69, 9.17) is 4.74 Å². The summed E-state index contributed by atoms with van der Waals surface area (Å²) in [4.78, 5) is 0.865. The maximum absolute atomic E-state index is 13.5. The lowest BCUT2D eigenvalue weighted by atomic mass is 9.88. The number of ether oxygens (including phenoxy) is 1. The van der Waals surface area contributed by atoms with Crippen LogP contribution in [0.2, 0.25) is 0 Å². The minimum Gasteiger partial charge on any atom is -0.506 e. The second-order valence-corrected chi connectivity index (χ2v) is 11.6. The monoisotopic (exact) mass is 476 g/mol. The fraction of sp³-hybridized carbons (Fsp3) is 0.357. The molecule has 5 rings (SSSR count). The van der Waals surface area contributed by atoms with Crippen molar-refractivity contribution in [3.05, 3.63) is 81.9 Å². The summed E-state index contributed by atoms with van der Waals surface area (Å²) >= 11 is 0. The average Bonchev–Trinajstić information content (AvgIpc) is 2.95. The third-order valence-corrected chi connectivity index (χ3v) is 8.65. The van der Waals surface area contributed by atoms with Crippen molar-refractivity contribution in [1.29, 1.82) is 0 Å². The van der Waals surface area contributed by atoms with Crippen LogP contribution in [0.5, 0.6) is 11.5 Å². The molecule has 2 heterocycles. The Morgan fingerprint density at radius 1 is 1.21 bits per heavy atom. The topological polar surface area (TPSA) is 70.6 Å². The van der Waals surface area contributed by atoms with E-state index in [9.17, 15) is 9.32 Å². The Bertz CT molecular complexity index is 1240. The summed E-state index contributed by atoms with van der Waals surface area (Å²) in [5.74, 6) is 1.61. The molecule has 178 valence electrons. The first-order valence-corrected chi connectivity index (χ1v) is 13.2. The van der Waals surface area contributed by atoms with E-state index < -0.39 is 10.8 Å². The van der Waals surface area contributed by atoms with Crippen molar-refractivity contribution >= 4 is 22.2 Å². The smallest absolute Gasteiger partial charge is 0.141 e. The lowest BCUT2D eigenvalue weighted by molar-refractivity contribution is 0.354. The Hall–Kier alpha value is -2.99. The van der Waals surface area contributed by atoms with E-state index in [1.165, 1.54) is 5.57 Å². The van der Waals surface area contributed by atoms with E-state index in [-0.39, 0.29) is 17.2 Å². The van der Waals surface area contributed by atoms with Crippen molar-refractivity contribution in [3.63, 3.8) is 0 Å². The second kappa shape index (κ2) is 8.99. The van der Waals surface area contributed by atoms with Crippen LogP contribution in [0.15, 0.2) is 70.8 Å². The maximum atomic E-state index is 13.5. The predicted octanol–water partition coefficient (Wildman–Crippen LogP) is 6.32. The highest BCUT2D eigenvalue weighted by Crippen LogP contribution is 2.47. The van der Waals surface area contributed by atoms with E-state index in [1.807, 2.05) is 18.2 Å². The molecule has 2 aromatic carbocycles. The van der Waals surface area contributed by atoms with Crippen LogP contribution < -0.4 is 15.4 Å². The molecule has 0 bridgehead atoms.